The minimum atomic E-state index is -1.80. The Kier molecular flexibility index (Phi) is 8.34. The molecule has 1 aromatic rings. The van der Waals surface area contributed by atoms with Crippen LogP contribution in [0.3, 0.4) is 0 Å². The van der Waals surface area contributed by atoms with E-state index in [1.165, 1.54) is 6.42 Å². The van der Waals surface area contributed by atoms with Gasteiger partial charge in [-0.1, -0.05) is 57.5 Å². The highest BCUT2D eigenvalue weighted by molar-refractivity contribution is 6.74. The third-order valence-corrected chi connectivity index (χ3v) is 9.51. The maximum Gasteiger partial charge on any atom is 0.192 e. The van der Waals surface area contributed by atoms with Gasteiger partial charge in [0.2, 0.25) is 0 Å². The van der Waals surface area contributed by atoms with Gasteiger partial charge in [-0.3, -0.25) is 0 Å². The number of hydrogen-bond acceptors (Lipinski definition) is 2. The first kappa shape index (κ1) is 21.1. The zero-order valence-electron chi connectivity index (χ0n) is 15.9. The maximum absolute atomic E-state index is 14.1. The number of rotatable bonds is 10. The molecular formula is C20H34FNOSi. The highest BCUT2D eigenvalue weighted by Gasteiger charge is 2.39. The highest BCUT2D eigenvalue weighted by atomic mass is 28.4. The van der Waals surface area contributed by atoms with E-state index >= 15 is 0 Å². The summed E-state index contributed by atoms with van der Waals surface area (Å²) in [5.74, 6) is -0.241. The monoisotopic (exact) mass is 351 g/mol. The fraction of sp³-hybridized carbons (Fsp3) is 0.600. The Morgan fingerprint density at radius 1 is 1.29 bits per heavy atom. The molecule has 2 N–H and O–H groups in total. The van der Waals surface area contributed by atoms with Crippen LogP contribution in [-0.2, 0) is 10.8 Å². The molecule has 1 unspecified atom stereocenters. The highest BCUT2D eigenvalue weighted by Crippen LogP contribution is 2.42. The summed E-state index contributed by atoms with van der Waals surface area (Å²) >= 11 is 0. The van der Waals surface area contributed by atoms with Gasteiger partial charge in [0, 0.05) is 6.61 Å². The van der Waals surface area contributed by atoms with E-state index < -0.39 is 14.4 Å². The molecule has 0 radical (unpaired) electrons. The first-order chi connectivity index (χ1) is 11.2. The van der Waals surface area contributed by atoms with Gasteiger partial charge in [0.25, 0.3) is 0 Å². The molecule has 0 bridgehead atoms. The van der Waals surface area contributed by atoms with Gasteiger partial charge in [-0.25, -0.2) is 4.39 Å². The number of hydrogen-bond donors (Lipinski definition) is 1. The zero-order valence-corrected chi connectivity index (χ0v) is 16.9. The standard InChI is InChI=1S/C20H34FNOSi/c1-6-14-20(2,3)24(4,5)23-15-10-13-18(21)19(22)16-17-11-8-7-9-12-17/h7-9,11-13,19H,6,10,14-16,22H2,1-5H3/b18-13-. The molecule has 1 aromatic carbocycles. The molecule has 136 valence electrons. The van der Waals surface area contributed by atoms with Gasteiger partial charge in [-0.2, -0.15) is 0 Å². The molecule has 0 aliphatic heterocycles. The third-order valence-electron chi connectivity index (χ3n) is 5.08. The van der Waals surface area contributed by atoms with Crippen LogP contribution < -0.4 is 5.73 Å². The van der Waals surface area contributed by atoms with Gasteiger partial charge in [0.1, 0.15) is 5.83 Å². The smallest absolute Gasteiger partial charge is 0.192 e. The van der Waals surface area contributed by atoms with Crippen LogP contribution in [0.2, 0.25) is 18.1 Å². The molecule has 1 atom stereocenters. The summed E-state index contributed by atoms with van der Waals surface area (Å²) in [6.07, 6.45) is 5.01. The zero-order chi connectivity index (χ0) is 18.2. The molecule has 0 amide bonds. The van der Waals surface area contributed by atoms with E-state index in [0.717, 1.165) is 12.0 Å². The molecule has 2 nitrogen and oxygen atoms in total. The fourth-order valence-electron chi connectivity index (χ4n) is 2.75. The second-order valence-electron chi connectivity index (χ2n) is 7.67. The van der Waals surface area contributed by atoms with Crippen LogP contribution in [0, 0.1) is 0 Å². The summed E-state index contributed by atoms with van der Waals surface area (Å²) < 4.78 is 20.3. The molecule has 0 fully saturated rings. The average Bonchev–Trinajstić information content (AvgIpc) is 2.52. The molecule has 0 aliphatic carbocycles. The Labute approximate surface area is 148 Å². The lowest BCUT2D eigenvalue weighted by molar-refractivity contribution is 0.285. The van der Waals surface area contributed by atoms with Gasteiger partial charge in [-0.05, 0) is 49.0 Å². The van der Waals surface area contributed by atoms with Gasteiger partial charge in [0.15, 0.2) is 8.32 Å². The minimum absolute atomic E-state index is 0.230. The first-order valence-corrected chi connectivity index (χ1v) is 11.9. The second-order valence-corrected chi connectivity index (χ2v) is 12.3. The summed E-state index contributed by atoms with van der Waals surface area (Å²) in [5.41, 5.74) is 7.01. The normalized spacial score (nSPS) is 14.7. The second kappa shape index (κ2) is 9.49. The summed E-state index contributed by atoms with van der Waals surface area (Å²) in [5, 5.41) is 0.230. The molecule has 0 heterocycles. The van der Waals surface area contributed by atoms with Gasteiger partial charge >= 0.3 is 0 Å². The van der Waals surface area contributed by atoms with Crippen molar-refractivity contribution >= 4 is 8.32 Å². The Morgan fingerprint density at radius 2 is 1.92 bits per heavy atom. The van der Waals surface area contributed by atoms with Crippen LogP contribution in [0.4, 0.5) is 4.39 Å². The molecule has 0 saturated heterocycles. The average molecular weight is 352 g/mol. The van der Waals surface area contributed by atoms with E-state index in [-0.39, 0.29) is 10.9 Å². The van der Waals surface area contributed by atoms with E-state index in [0.29, 0.717) is 19.4 Å². The summed E-state index contributed by atoms with van der Waals surface area (Å²) in [6.45, 7) is 11.9. The maximum atomic E-state index is 14.1. The topological polar surface area (TPSA) is 35.2 Å². The molecule has 0 aliphatic rings. The summed E-state index contributed by atoms with van der Waals surface area (Å²) in [7, 11) is -1.80. The fourth-order valence-corrected chi connectivity index (χ4v) is 4.62. The lowest BCUT2D eigenvalue weighted by Gasteiger charge is -2.39. The van der Waals surface area contributed by atoms with E-state index in [1.54, 1.807) is 6.08 Å². The van der Waals surface area contributed by atoms with E-state index in [4.69, 9.17) is 10.2 Å². The Morgan fingerprint density at radius 3 is 2.50 bits per heavy atom. The van der Waals surface area contributed by atoms with Crippen molar-refractivity contribution in [2.75, 3.05) is 6.61 Å². The quantitative estimate of drug-likeness (QED) is 0.440. The Bertz CT molecular complexity index is 514. The van der Waals surface area contributed by atoms with Crippen molar-refractivity contribution in [3.8, 4) is 0 Å². The van der Waals surface area contributed by atoms with Crippen molar-refractivity contribution in [3.05, 3.63) is 47.8 Å². The van der Waals surface area contributed by atoms with E-state index in [2.05, 4.69) is 33.9 Å². The van der Waals surface area contributed by atoms with Crippen molar-refractivity contribution in [1.29, 1.82) is 0 Å². The molecule has 4 heteroatoms. The lowest BCUT2D eigenvalue weighted by Crippen LogP contribution is -2.42. The van der Waals surface area contributed by atoms with Crippen LogP contribution >= 0.6 is 0 Å². The molecule has 0 aromatic heterocycles. The third kappa shape index (κ3) is 6.50. The van der Waals surface area contributed by atoms with Crippen molar-refractivity contribution < 1.29 is 8.82 Å². The van der Waals surface area contributed by atoms with Crippen LogP contribution in [0.5, 0.6) is 0 Å². The SMILES string of the molecule is CCCC(C)(C)[Si](C)(C)OCC/C=C(\F)C(N)Cc1ccccc1. The Balaban J connectivity index is 2.45. The van der Waals surface area contributed by atoms with Gasteiger partial charge in [-0.15, -0.1) is 0 Å². The summed E-state index contributed by atoms with van der Waals surface area (Å²) in [4.78, 5) is 0. The number of nitrogens with two attached hydrogens (primary N) is 1. The van der Waals surface area contributed by atoms with E-state index in [1.807, 2.05) is 30.3 Å². The number of halogens is 1. The van der Waals surface area contributed by atoms with Crippen LogP contribution in [0.25, 0.3) is 0 Å². The van der Waals surface area contributed by atoms with Gasteiger partial charge in [0.05, 0.1) is 6.04 Å². The lowest BCUT2D eigenvalue weighted by atomic mass is 10.1. The predicted octanol–water partition coefficient (Wildman–Crippen LogP) is 5.60. The van der Waals surface area contributed by atoms with Crippen molar-refractivity contribution in [2.24, 2.45) is 5.73 Å². The van der Waals surface area contributed by atoms with Crippen molar-refractivity contribution in [3.63, 3.8) is 0 Å². The van der Waals surface area contributed by atoms with Crippen LogP contribution in [0.15, 0.2) is 42.2 Å². The number of benzene rings is 1. The minimum Gasteiger partial charge on any atom is -0.417 e. The molecule has 0 saturated carbocycles. The van der Waals surface area contributed by atoms with Crippen LogP contribution in [-0.4, -0.2) is 21.0 Å². The predicted molar refractivity (Wildman–Crippen MR) is 104 cm³/mol. The first-order valence-electron chi connectivity index (χ1n) is 8.98. The van der Waals surface area contributed by atoms with Gasteiger partial charge < -0.3 is 10.2 Å². The molecule has 24 heavy (non-hydrogen) atoms. The molecular weight excluding hydrogens is 317 g/mol. The summed E-state index contributed by atoms with van der Waals surface area (Å²) in [6, 6.07) is 9.21. The molecule has 0 spiro atoms. The van der Waals surface area contributed by atoms with E-state index in [9.17, 15) is 4.39 Å². The largest absolute Gasteiger partial charge is 0.417 e. The Hall–Kier alpha value is -0.973. The van der Waals surface area contributed by atoms with Crippen molar-refractivity contribution in [2.45, 2.75) is 70.6 Å². The van der Waals surface area contributed by atoms with Crippen molar-refractivity contribution in [1.82, 2.24) is 0 Å². The van der Waals surface area contributed by atoms with Crippen LogP contribution in [0.1, 0.15) is 45.6 Å². The molecule has 1 rings (SSSR count).